The number of hydrogen-bond acceptors (Lipinski definition) is 4. The smallest absolute Gasteiger partial charge is 0.308 e. The molecule has 0 amide bonds. The number of carbonyl (C=O) groups is 1. The van der Waals surface area contributed by atoms with E-state index in [1.165, 1.54) is 5.56 Å². The predicted molar refractivity (Wildman–Crippen MR) is 76.0 cm³/mol. The van der Waals surface area contributed by atoms with Crippen LogP contribution in [0.5, 0.6) is 0 Å². The van der Waals surface area contributed by atoms with Gasteiger partial charge in [0, 0.05) is 17.8 Å². The molecule has 108 valence electrons. The van der Waals surface area contributed by atoms with Crippen molar-refractivity contribution in [3.63, 3.8) is 0 Å². The standard InChI is InChI=1S/C16H17N3O2/c17-8-10-6-9-2-1-3-13(9)18-15(10)19-11-4-5-14(19)12(7-11)16(20)21/h6,11-12,14H,1-5,7H2,(H,20,21). The van der Waals surface area contributed by atoms with Crippen LogP contribution in [0.2, 0.25) is 0 Å². The fraction of sp³-hybridized carbons (Fsp3) is 0.562. The van der Waals surface area contributed by atoms with Gasteiger partial charge in [0.1, 0.15) is 11.9 Å². The van der Waals surface area contributed by atoms with Crippen LogP contribution in [0.25, 0.3) is 0 Å². The predicted octanol–water partition coefficient (Wildman–Crippen LogP) is 1.88. The zero-order valence-electron chi connectivity index (χ0n) is 11.7. The molecule has 2 bridgehead atoms. The number of aryl methyl sites for hydroxylation is 2. The summed E-state index contributed by atoms with van der Waals surface area (Å²) in [5.74, 6) is -0.299. The maximum atomic E-state index is 11.4. The Balaban J connectivity index is 1.78. The highest BCUT2D eigenvalue weighted by Crippen LogP contribution is 2.45. The SMILES string of the molecule is N#Cc1cc2c(nc1N1C3CCC1C(C(=O)O)C3)CCC2. The van der Waals surface area contributed by atoms with Crippen LogP contribution in [0.1, 0.15) is 42.5 Å². The molecule has 2 aliphatic heterocycles. The minimum absolute atomic E-state index is 0.00607. The highest BCUT2D eigenvalue weighted by Gasteiger charge is 2.50. The van der Waals surface area contributed by atoms with Gasteiger partial charge in [-0.2, -0.15) is 5.26 Å². The lowest BCUT2D eigenvalue weighted by Crippen LogP contribution is -2.34. The molecular formula is C16H17N3O2. The molecule has 0 radical (unpaired) electrons. The van der Waals surface area contributed by atoms with Gasteiger partial charge >= 0.3 is 5.97 Å². The lowest BCUT2D eigenvalue weighted by molar-refractivity contribution is -0.142. The molecule has 3 heterocycles. The Kier molecular flexibility index (Phi) is 2.68. The topological polar surface area (TPSA) is 77.2 Å². The maximum absolute atomic E-state index is 11.4. The van der Waals surface area contributed by atoms with Gasteiger partial charge in [-0.1, -0.05) is 0 Å². The van der Waals surface area contributed by atoms with Crippen LogP contribution < -0.4 is 4.90 Å². The number of aliphatic carboxylic acids is 1. The third-order valence-electron chi connectivity index (χ3n) is 5.25. The number of hydrogen-bond donors (Lipinski definition) is 1. The van der Waals surface area contributed by atoms with Gasteiger partial charge in [-0.05, 0) is 50.2 Å². The molecule has 5 nitrogen and oxygen atoms in total. The van der Waals surface area contributed by atoms with Crippen LogP contribution in [0, 0.1) is 17.2 Å². The number of anilines is 1. The van der Waals surface area contributed by atoms with Crippen molar-refractivity contribution in [3.8, 4) is 6.07 Å². The molecule has 2 fully saturated rings. The van der Waals surface area contributed by atoms with Gasteiger partial charge < -0.3 is 10.0 Å². The lowest BCUT2D eigenvalue weighted by atomic mass is 9.89. The van der Waals surface area contributed by atoms with Gasteiger partial charge in [0.25, 0.3) is 0 Å². The fourth-order valence-electron chi connectivity index (χ4n) is 4.32. The van der Waals surface area contributed by atoms with E-state index in [0.717, 1.165) is 43.6 Å². The molecular weight excluding hydrogens is 266 g/mol. The van der Waals surface area contributed by atoms with Crippen LogP contribution >= 0.6 is 0 Å². The fourth-order valence-corrected chi connectivity index (χ4v) is 4.32. The normalized spacial score (nSPS) is 29.5. The second-order valence-electron chi connectivity index (χ2n) is 6.32. The van der Waals surface area contributed by atoms with E-state index in [1.807, 2.05) is 6.07 Å². The van der Waals surface area contributed by atoms with Crippen LogP contribution in [0.15, 0.2) is 6.07 Å². The average molecular weight is 283 g/mol. The summed E-state index contributed by atoms with van der Waals surface area (Å²) in [5.41, 5.74) is 2.90. The van der Waals surface area contributed by atoms with Crippen molar-refractivity contribution in [2.75, 3.05) is 4.90 Å². The Morgan fingerprint density at radius 2 is 2.29 bits per heavy atom. The minimum atomic E-state index is -0.716. The van der Waals surface area contributed by atoms with Crippen molar-refractivity contribution in [1.82, 2.24) is 4.98 Å². The van der Waals surface area contributed by atoms with Gasteiger partial charge in [0.15, 0.2) is 0 Å². The molecule has 21 heavy (non-hydrogen) atoms. The van der Waals surface area contributed by atoms with Crippen molar-refractivity contribution in [3.05, 3.63) is 22.9 Å². The van der Waals surface area contributed by atoms with Crippen LogP contribution in [0.3, 0.4) is 0 Å². The van der Waals surface area contributed by atoms with E-state index >= 15 is 0 Å². The summed E-state index contributed by atoms with van der Waals surface area (Å²) in [6.07, 6.45) is 5.66. The number of carboxylic acids is 1. The summed E-state index contributed by atoms with van der Waals surface area (Å²) in [5, 5.41) is 18.8. The maximum Gasteiger partial charge on any atom is 0.308 e. The van der Waals surface area contributed by atoms with Gasteiger partial charge in [0.05, 0.1) is 11.5 Å². The Hall–Kier alpha value is -2.09. The Morgan fingerprint density at radius 1 is 1.43 bits per heavy atom. The molecule has 3 aliphatic rings. The number of rotatable bonds is 2. The number of nitriles is 1. The first kappa shape index (κ1) is 12.6. The number of carboxylic acid groups (broad SMARTS) is 1. The summed E-state index contributed by atoms with van der Waals surface area (Å²) in [7, 11) is 0. The van der Waals surface area contributed by atoms with E-state index in [0.29, 0.717) is 12.0 Å². The molecule has 1 N–H and O–H groups in total. The molecule has 5 heteroatoms. The van der Waals surface area contributed by atoms with E-state index in [9.17, 15) is 15.2 Å². The summed E-state index contributed by atoms with van der Waals surface area (Å²) in [4.78, 5) is 18.3. The second-order valence-corrected chi connectivity index (χ2v) is 6.32. The average Bonchev–Trinajstić information content (AvgIpc) is 3.18. The quantitative estimate of drug-likeness (QED) is 0.896. The van der Waals surface area contributed by atoms with Gasteiger partial charge in [-0.25, -0.2) is 4.98 Å². The van der Waals surface area contributed by atoms with Crippen molar-refractivity contribution in [1.29, 1.82) is 5.26 Å². The molecule has 2 saturated heterocycles. The first-order chi connectivity index (χ1) is 10.2. The minimum Gasteiger partial charge on any atom is -0.481 e. The van der Waals surface area contributed by atoms with E-state index < -0.39 is 5.97 Å². The van der Waals surface area contributed by atoms with Crippen molar-refractivity contribution >= 4 is 11.8 Å². The monoisotopic (exact) mass is 283 g/mol. The zero-order chi connectivity index (χ0) is 14.6. The van der Waals surface area contributed by atoms with E-state index in [1.54, 1.807) is 0 Å². The Bertz CT molecular complexity index is 664. The molecule has 1 aliphatic carbocycles. The first-order valence-corrected chi connectivity index (χ1v) is 7.63. The highest BCUT2D eigenvalue weighted by atomic mass is 16.4. The number of nitrogens with zero attached hydrogens (tertiary/aromatic N) is 3. The third kappa shape index (κ3) is 1.75. The molecule has 1 aromatic rings. The van der Waals surface area contributed by atoms with Crippen LogP contribution in [0.4, 0.5) is 5.82 Å². The van der Waals surface area contributed by atoms with Crippen molar-refractivity contribution in [2.24, 2.45) is 5.92 Å². The number of aromatic nitrogens is 1. The van der Waals surface area contributed by atoms with E-state index in [2.05, 4.69) is 11.0 Å². The van der Waals surface area contributed by atoms with E-state index in [-0.39, 0.29) is 18.0 Å². The molecule has 3 atom stereocenters. The van der Waals surface area contributed by atoms with Crippen molar-refractivity contribution < 1.29 is 9.90 Å². The van der Waals surface area contributed by atoms with Gasteiger partial charge in [0.2, 0.25) is 0 Å². The molecule has 0 spiro atoms. The number of fused-ring (bicyclic) bond motifs is 3. The molecule has 4 rings (SSSR count). The van der Waals surface area contributed by atoms with Crippen LogP contribution in [-0.4, -0.2) is 28.1 Å². The molecule has 1 aromatic heterocycles. The molecule has 3 unspecified atom stereocenters. The Labute approximate surface area is 123 Å². The third-order valence-corrected chi connectivity index (χ3v) is 5.25. The van der Waals surface area contributed by atoms with Crippen LogP contribution in [-0.2, 0) is 17.6 Å². The molecule has 0 aromatic carbocycles. The lowest BCUT2D eigenvalue weighted by Gasteiger charge is -2.25. The Morgan fingerprint density at radius 3 is 3.00 bits per heavy atom. The summed E-state index contributed by atoms with van der Waals surface area (Å²) in [6.45, 7) is 0. The van der Waals surface area contributed by atoms with E-state index in [4.69, 9.17) is 4.98 Å². The number of pyridine rings is 1. The summed E-state index contributed by atoms with van der Waals surface area (Å²) in [6, 6.07) is 4.47. The second kappa shape index (κ2) is 4.45. The zero-order valence-corrected chi connectivity index (χ0v) is 11.7. The largest absolute Gasteiger partial charge is 0.481 e. The van der Waals surface area contributed by atoms with Gasteiger partial charge in [-0.3, -0.25) is 4.79 Å². The summed E-state index contributed by atoms with van der Waals surface area (Å²) < 4.78 is 0. The molecule has 0 saturated carbocycles. The highest BCUT2D eigenvalue weighted by molar-refractivity contribution is 5.74. The van der Waals surface area contributed by atoms with Gasteiger partial charge in [-0.15, -0.1) is 0 Å². The summed E-state index contributed by atoms with van der Waals surface area (Å²) >= 11 is 0. The first-order valence-electron chi connectivity index (χ1n) is 7.63. The van der Waals surface area contributed by atoms with Crippen molar-refractivity contribution in [2.45, 2.75) is 50.6 Å².